The molecule has 29 heavy (non-hydrogen) atoms. The molecule has 0 unspecified atom stereocenters. The van der Waals surface area contributed by atoms with Gasteiger partial charge in [0.15, 0.2) is 5.69 Å². The number of piperazine rings is 1. The molecule has 1 aliphatic heterocycles. The summed E-state index contributed by atoms with van der Waals surface area (Å²) < 4.78 is 1.69. The first kappa shape index (κ1) is 19.1. The molecule has 0 saturated carbocycles. The van der Waals surface area contributed by atoms with E-state index < -0.39 is 0 Å². The molecule has 2 amide bonds. The van der Waals surface area contributed by atoms with E-state index in [1.165, 1.54) is 5.56 Å². The van der Waals surface area contributed by atoms with Crippen LogP contribution in [-0.2, 0) is 6.54 Å². The highest BCUT2D eigenvalue weighted by atomic mass is 16.2. The second-order valence-corrected chi connectivity index (χ2v) is 7.50. The third-order valence-corrected chi connectivity index (χ3v) is 5.32. The zero-order valence-electron chi connectivity index (χ0n) is 16.8. The number of nitrogens with zero attached hydrogens (tertiary/aromatic N) is 4. The first-order valence-electron chi connectivity index (χ1n) is 9.81. The minimum atomic E-state index is -0.302. The van der Waals surface area contributed by atoms with E-state index in [0.29, 0.717) is 30.8 Å². The smallest absolute Gasteiger partial charge is 0.287 e. The highest BCUT2D eigenvalue weighted by Crippen LogP contribution is 2.17. The molecule has 7 heteroatoms. The molecule has 0 bridgehead atoms. The van der Waals surface area contributed by atoms with Crippen LogP contribution in [0.4, 0.5) is 0 Å². The molecule has 0 atom stereocenters. The molecular formula is C22H25N5O2. The number of rotatable bonds is 4. The number of carbonyl (C=O) groups excluding carboxylic acids is 2. The Morgan fingerprint density at radius 2 is 1.76 bits per heavy atom. The summed E-state index contributed by atoms with van der Waals surface area (Å²) in [4.78, 5) is 34.4. The largest absolute Gasteiger partial charge is 0.345 e. The van der Waals surface area contributed by atoms with E-state index in [2.05, 4.69) is 15.2 Å². The zero-order chi connectivity index (χ0) is 20.4. The summed E-state index contributed by atoms with van der Waals surface area (Å²) in [5.41, 5.74) is 3.16. The number of amides is 2. The van der Waals surface area contributed by atoms with Gasteiger partial charge in [0.2, 0.25) is 5.82 Å². The van der Waals surface area contributed by atoms with Crippen LogP contribution >= 0.6 is 0 Å². The number of pyridine rings is 1. The maximum absolute atomic E-state index is 13.1. The minimum absolute atomic E-state index is 0.126. The van der Waals surface area contributed by atoms with Crippen LogP contribution < -0.4 is 5.32 Å². The average molecular weight is 391 g/mol. The summed E-state index contributed by atoms with van der Waals surface area (Å²) in [6, 6.07) is 13.5. The lowest BCUT2D eigenvalue weighted by molar-refractivity contribution is 0.0661. The van der Waals surface area contributed by atoms with Crippen LogP contribution in [-0.4, -0.2) is 64.2 Å². The van der Waals surface area contributed by atoms with Gasteiger partial charge >= 0.3 is 0 Å². The van der Waals surface area contributed by atoms with Crippen LogP contribution in [0.3, 0.4) is 0 Å². The Morgan fingerprint density at radius 1 is 1.03 bits per heavy atom. The van der Waals surface area contributed by atoms with Crippen molar-refractivity contribution in [3.05, 3.63) is 71.3 Å². The van der Waals surface area contributed by atoms with Gasteiger partial charge < -0.3 is 15.1 Å². The molecular weight excluding hydrogens is 366 g/mol. The van der Waals surface area contributed by atoms with Crippen LogP contribution in [0.25, 0.3) is 5.52 Å². The molecule has 1 saturated heterocycles. The number of imidazole rings is 1. The molecule has 3 aromatic rings. The summed E-state index contributed by atoms with van der Waals surface area (Å²) >= 11 is 0. The molecule has 3 heterocycles. The summed E-state index contributed by atoms with van der Waals surface area (Å²) in [5.74, 6) is -0.200. The van der Waals surface area contributed by atoms with Gasteiger partial charge in [0.25, 0.3) is 11.8 Å². The predicted octanol–water partition coefficient (Wildman–Crippen LogP) is 1.96. The number of benzene rings is 1. The van der Waals surface area contributed by atoms with Crippen LogP contribution in [0.2, 0.25) is 0 Å². The second-order valence-electron chi connectivity index (χ2n) is 7.50. The van der Waals surface area contributed by atoms with Crippen molar-refractivity contribution in [2.75, 3.05) is 33.2 Å². The highest BCUT2D eigenvalue weighted by Gasteiger charge is 2.26. The van der Waals surface area contributed by atoms with E-state index >= 15 is 0 Å². The predicted molar refractivity (Wildman–Crippen MR) is 111 cm³/mol. The van der Waals surface area contributed by atoms with Crippen molar-refractivity contribution in [1.82, 2.24) is 24.5 Å². The summed E-state index contributed by atoms with van der Waals surface area (Å²) in [7, 11) is 2.05. The fraction of sp³-hybridized carbons (Fsp3) is 0.318. The van der Waals surface area contributed by atoms with Crippen molar-refractivity contribution in [2.24, 2.45) is 0 Å². The van der Waals surface area contributed by atoms with E-state index in [4.69, 9.17) is 0 Å². The van der Waals surface area contributed by atoms with E-state index in [1.807, 2.05) is 61.3 Å². The van der Waals surface area contributed by atoms with Crippen LogP contribution in [0.1, 0.15) is 32.2 Å². The Hall–Kier alpha value is -3.19. The molecule has 2 aromatic heterocycles. The van der Waals surface area contributed by atoms with Crippen molar-refractivity contribution in [1.29, 1.82) is 0 Å². The summed E-state index contributed by atoms with van der Waals surface area (Å²) in [5, 5.41) is 2.91. The molecule has 0 radical (unpaired) electrons. The van der Waals surface area contributed by atoms with Crippen LogP contribution in [0, 0.1) is 6.92 Å². The van der Waals surface area contributed by atoms with Crippen molar-refractivity contribution in [3.63, 3.8) is 0 Å². The van der Waals surface area contributed by atoms with E-state index in [1.54, 1.807) is 10.6 Å². The van der Waals surface area contributed by atoms with Gasteiger partial charge in [-0.25, -0.2) is 4.98 Å². The first-order chi connectivity index (χ1) is 14.0. The van der Waals surface area contributed by atoms with Crippen LogP contribution in [0.15, 0.2) is 48.7 Å². The minimum Gasteiger partial charge on any atom is -0.345 e. The van der Waals surface area contributed by atoms with Crippen molar-refractivity contribution >= 4 is 17.3 Å². The summed E-state index contributed by atoms with van der Waals surface area (Å²) in [6.45, 7) is 5.43. The Morgan fingerprint density at radius 3 is 2.48 bits per heavy atom. The van der Waals surface area contributed by atoms with Gasteiger partial charge in [-0.2, -0.15) is 0 Å². The van der Waals surface area contributed by atoms with Crippen LogP contribution in [0.5, 0.6) is 0 Å². The van der Waals surface area contributed by atoms with Crippen molar-refractivity contribution < 1.29 is 9.59 Å². The molecule has 1 aromatic carbocycles. The van der Waals surface area contributed by atoms with E-state index in [9.17, 15) is 9.59 Å². The monoisotopic (exact) mass is 391 g/mol. The number of nitrogens with one attached hydrogen (secondary N) is 1. The van der Waals surface area contributed by atoms with E-state index in [0.717, 1.165) is 18.7 Å². The number of hydrogen-bond donors (Lipinski definition) is 1. The van der Waals surface area contributed by atoms with Crippen molar-refractivity contribution in [3.8, 4) is 0 Å². The average Bonchev–Trinajstić information content (AvgIpc) is 3.13. The van der Waals surface area contributed by atoms with Gasteiger partial charge in [0, 0.05) is 38.9 Å². The normalized spacial score (nSPS) is 14.9. The lowest BCUT2D eigenvalue weighted by Crippen LogP contribution is -2.47. The maximum Gasteiger partial charge on any atom is 0.287 e. The molecule has 1 N–H and O–H groups in total. The Kier molecular flexibility index (Phi) is 5.31. The number of hydrogen-bond acceptors (Lipinski definition) is 4. The number of fused-ring (bicyclic) bond motifs is 1. The van der Waals surface area contributed by atoms with Gasteiger partial charge in [-0.3, -0.25) is 14.0 Å². The van der Waals surface area contributed by atoms with Gasteiger partial charge in [-0.1, -0.05) is 35.9 Å². The third kappa shape index (κ3) is 4.00. The Labute approximate surface area is 169 Å². The molecule has 150 valence electrons. The topological polar surface area (TPSA) is 70.0 Å². The standard InChI is InChI=1S/C22H25N5O2/c1-16-6-8-17(9-7-16)15-23-21(28)20-24-19(18-5-3-4-10-27(18)20)22(29)26-13-11-25(2)12-14-26/h3-10H,11-15H2,1-2H3,(H,23,28). The van der Waals surface area contributed by atoms with Gasteiger partial charge in [0.1, 0.15) is 0 Å². The molecule has 1 fully saturated rings. The molecule has 1 aliphatic rings. The molecule has 7 nitrogen and oxygen atoms in total. The Bertz CT molecular complexity index is 1030. The van der Waals surface area contributed by atoms with E-state index in [-0.39, 0.29) is 17.6 Å². The highest BCUT2D eigenvalue weighted by molar-refractivity contribution is 6.02. The molecule has 4 rings (SSSR count). The third-order valence-electron chi connectivity index (χ3n) is 5.32. The number of aryl methyl sites for hydroxylation is 1. The number of aromatic nitrogens is 2. The molecule has 0 aliphatic carbocycles. The quantitative estimate of drug-likeness (QED) is 0.738. The number of likely N-dealkylation sites (N-methyl/N-ethyl adjacent to an activating group) is 1. The number of carbonyl (C=O) groups is 2. The second kappa shape index (κ2) is 8.05. The lowest BCUT2D eigenvalue weighted by Gasteiger charge is -2.32. The first-order valence-corrected chi connectivity index (χ1v) is 9.81. The fourth-order valence-corrected chi connectivity index (χ4v) is 3.48. The maximum atomic E-state index is 13.1. The van der Waals surface area contributed by atoms with Gasteiger partial charge in [-0.05, 0) is 31.7 Å². The fourth-order valence-electron chi connectivity index (χ4n) is 3.48. The molecule has 0 spiro atoms. The summed E-state index contributed by atoms with van der Waals surface area (Å²) in [6.07, 6.45) is 1.77. The van der Waals surface area contributed by atoms with Gasteiger partial charge in [0.05, 0.1) is 5.52 Å². The lowest BCUT2D eigenvalue weighted by atomic mass is 10.1. The zero-order valence-corrected chi connectivity index (χ0v) is 16.8. The van der Waals surface area contributed by atoms with Gasteiger partial charge in [-0.15, -0.1) is 0 Å². The SMILES string of the molecule is Cc1ccc(CNC(=O)c2nc(C(=O)N3CCN(C)CC3)c3ccccn23)cc1. The van der Waals surface area contributed by atoms with Crippen molar-refractivity contribution in [2.45, 2.75) is 13.5 Å². The Balaban J connectivity index is 1.57.